The number of rotatable bonds is 12. The second-order valence-electron chi connectivity index (χ2n) is 11.6. The Bertz CT molecular complexity index is 1700. The molecule has 46 heavy (non-hydrogen) atoms. The van der Waals surface area contributed by atoms with Crippen molar-refractivity contribution >= 4 is 28.8 Å². The van der Waals surface area contributed by atoms with E-state index >= 15 is 0 Å². The number of anilines is 2. The predicted molar refractivity (Wildman–Crippen MR) is 176 cm³/mol. The first-order valence-electron chi connectivity index (χ1n) is 15.6. The summed E-state index contributed by atoms with van der Waals surface area (Å²) in [6.45, 7) is 1.59. The quantitative estimate of drug-likeness (QED) is 0.122. The van der Waals surface area contributed by atoms with Gasteiger partial charge in [0.2, 0.25) is 11.9 Å². The summed E-state index contributed by atoms with van der Waals surface area (Å²) in [6, 6.07) is 28.1. The normalized spacial score (nSPS) is 20.1. The first-order valence-corrected chi connectivity index (χ1v) is 15.6. The van der Waals surface area contributed by atoms with Crippen LogP contribution in [0.2, 0.25) is 0 Å². The van der Waals surface area contributed by atoms with Gasteiger partial charge in [0.05, 0.1) is 37.1 Å². The molecule has 3 aromatic carbocycles. The number of amides is 1. The Morgan fingerprint density at radius 3 is 2.13 bits per heavy atom. The molecule has 5 aromatic rings. The molecule has 1 aliphatic carbocycles. The van der Waals surface area contributed by atoms with Crippen molar-refractivity contribution in [2.24, 2.45) is 0 Å². The molecule has 0 radical (unpaired) electrons. The summed E-state index contributed by atoms with van der Waals surface area (Å²) in [7, 11) is 0. The van der Waals surface area contributed by atoms with Gasteiger partial charge in [0.25, 0.3) is 0 Å². The van der Waals surface area contributed by atoms with E-state index in [0.717, 1.165) is 16.7 Å². The summed E-state index contributed by atoms with van der Waals surface area (Å²) in [6.07, 6.45) is 0.385. The number of aliphatic hydroxyl groups excluding tert-OH is 3. The van der Waals surface area contributed by atoms with Gasteiger partial charge in [-0.25, -0.2) is 4.98 Å². The van der Waals surface area contributed by atoms with Gasteiger partial charge in [-0.1, -0.05) is 97.9 Å². The molecule has 11 heteroatoms. The lowest BCUT2D eigenvalue weighted by atomic mass is 9.99. The lowest BCUT2D eigenvalue weighted by Gasteiger charge is -2.23. The van der Waals surface area contributed by atoms with Crippen LogP contribution in [0, 0.1) is 0 Å². The van der Waals surface area contributed by atoms with Crippen molar-refractivity contribution < 1.29 is 20.1 Å². The fourth-order valence-electron chi connectivity index (χ4n) is 6.09. The number of aliphatic hydroxyl groups is 3. The zero-order valence-electron chi connectivity index (χ0n) is 25.6. The number of hydrogen-bond donors (Lipinski definition) is 6. The van der Waals surface area contributed by atoms with Crippen molar-refractivity contribution in [2.45, 2.75) is 62.6 Å². The molecule has 1 aliphatic rings. The Hall–Kier alpha value is -4.84. The van der Waals surface area contributed by atoms with E-state index in [9.17, 15) is 20.1 Å². The summed E-state index contributed by atoms with van der Waals surface area (Å²) >= 11 is 0. The minimum atomic E-state index is -1.16. The predicted octanol–water partition coefficient (Wildman–Crippen LogP) is 3.60. The van der Waals surface area contributed by atoms with Crippen LogP contribution in [0.3, 0.4) is 0 Å². The minimum Gasteiger partial charge on any atom is -0.394 e. The SMILES string of the molecule is CCC(=O)N[C@H]1C[C@@H](n2cnc3c(NC(c4ccccc4)c4ccccc4)nc(N[C@H](CO)Cc4ccccc4)nc32)[C@H](O)[C@@H]1O. The third kappa shape index (κ3) is 6.71. The van der Waals surface area contributed by atoms with Crippen LogP contribution in [0.4, 0.5) is 11.8 Å². The maximum absolute atomic E-state index is 12.1. The zero-order chi connectivity index (χ0) is 32.0. The van der Waals surface area contributed by atoms with Crippen LogP contribution in [-0.4, -0.2) is 71.6 Å². The maximum atomic E-state index is 12.1. The van der Waals surface area contributed by atoms with Crippen molar-refractivity contribution in [3.05, 3.63) is 114 Å². The fourth-order valence-corrected chi connectivity index (χ4v) is 6.09. The second kappa shape index (κ2) is 14.1. The number of fused-ring (bicyclic) bond motifs is 1. The second-order valence-corrected chi connectivity index (χ2v) is 11.6. The zero-order valence-corrected chi connectivity index (χ0v) is 25.6. The van der Waals surface area contributed by atoms with Crippen LogP contribution in [0.5, 0.6) is 0 Å². The molecule has 1 amide bonds. The highest BCUT2D eigenvalue weighted by Crippen LogP contribution is 2.36. The Balaban J connectivity index is 1.41. The Morgan fingerprint density at radius 1 is 0.891 bits per heavy atom. The molecular weight excluding hydrogens is 582 g/mol. The van der Waals surface area contributed by atoms with Gasteiger partial charge in [-0.15, -0.1) is 0 Å². The Morgan fingerprint density at radius 2 is 1.52 bits per heavy atom. The molecule has 0 spiro atoms. The maximum Gasteiger partial charge on any atom is 0.227 e. The van der Waals surface area contributed by atoms with Crippen molar-refractivity contribution in [3.63, 3.8) is 0 Å². The van der Waals surface area contributed by atoms with Gasteiger partial charge >= 0.3 is 0 Å². The van der Waals surface area contributed by atoms with Crippen LogP contribution in [-0.2, 0) is 11.2 Å². The molecule has 0 bridgehead atoms. The lowest BCUT2D eigenvalue weighted by Crippen LogP contribution is -2.42. The molecular formula is C35H39N7O4. The van der Waals surface area contributed by atoms with Gasteiger partial charge in [-0.05, 0) is 29.5 Å². The molecule has 2 aromatic heterocycles. The van der Waals surface area contributed by atoms with Crippen molar-refractivity contribution in [2.75, 3.05) is 17.2 Å². The standard InChI is InChI=1S/C35H39N7O4/c1-2-28(44)38-26-19-27(32(46)31(26)45)42-21-36-30-33(39-29(23-14-8-4-9-15-23)24-16-10-5-11-17-24)40-35(41-34(30)42)37-25(20-43)18-22-12-6-3-7-13-22/h3-17,21,25-27,29,31-32,43,45-46H,2,18-20H2,1H3,(H,38,44)(H2,37,39,40,41)/t25-,26-,27+,31+,32-/m0/s1. The van der Waals surface area contributed by atoms with Gasteiger partial charge in [-0.2, -0.15) is 9.97 Å². The van der Waals surface area contributed by atoms with Gasteiger partial charge in [0.1, 0.15) is 12.2 Å². The monoisotopic (exact) mass is 621 g/mol. The fraction of sp³-hybridized carbons (Fsp3) is 0.314. The molecule has 11 nitrogen and oxygen atoms in total. The summed E-state index contributed by atoms with van der Waals surface area (Å²) in [4.78, 5) is 26.5. The van der Waals surface area contributed by atoms with E-state index in [4.69, 9.17) is 15.0 Å². The number of carbonyl (C=O) groups is 1. The van der Waals surface area contributed by atoms with Crippen molar-refractivity contribution in [3.8, 4) is 0 Å². The average Bonchev–Trinajstić information content (AvgIpc) is 3.64. The molecule has 238 valence electrons. The molecule has 0 unspecified atom stereocenters. The van der Waals surface area contributed by atoms with Crippen LogP contribution in [0.1, 0.15) is 48.5 Å². The number of carbonyl (C=O) groups excluding carboxylic acids is 1. The van der Waals surface area contributed by atoms with E-state index in [0.29, 0.717) is 29.8 Å². The third-order valence-corrected chi connectivity index (χ3v) is 8.52. The molecule has 1 saturated carbocycles. The number of nitrogens with zero attached hydrogens (tertiary/aromatic N) is 4. The van der Waals surface area contributed by atoms with Gasteiger partial charge in [-0.3, -0.25) is 4.79 Å². The first kappa shape index (κ1) is 31.2. The highest BCUT2D eigenvalue weighted by Gasteiger charge is 2.43. The third-order valence-electron chi connectivity index (χ3n) is 8.52. The molecule has 1 fully saturated rings. The lowest BCUT2D eigenvalue weighted by molar-refractivity contribution is -0.122. The van der Waals surface area contributed by atoms with Gasteiger partial charge in [0.15, 0.2) is 17.0 Å². The average molecular weight is 622 g/mol. The van der Waals surface area contributed by atoms with Gasteiger partial charge in [0, 0.05) is 6.42 Å². The smallest absolute Gasteiger partial charge is 0.227 e. The molecule has 0 saturated heterocycles. The van der Waals surface area contributed by atoms with Crippen molar-refractivity contribution in [1.29, 1.82) is 0 Å². The summed E-state index contributed by atoms with van der Waals surface area (Å²) < 4.78 is 1.74. The Labute approximate surface area is 267 Å². The molecule has 5 atom stereocenters. The van der Waals surface area contributed by atoms with Crippen LogP contribution in [0.15, 0.2) is 97.3 Å². The van der Waals surface area contributed by atoms with Crippen LogP contribution < -0.4 is 16.0 Å². The van der Waals surface area contributed by atoms with E-state index < -0.39 is 24.3 Å². The molecule has 0 aliphatic heterocycles. The molecule has 2 heterocycles. The van der Waals surface area contributed by atoms with E-state index in [1.807, 2.05) is 91.0 Å². The number of imidazole rings is 1. The largest absolute Gasteiger partial charge is 0.394 e. The number of aromatic nitrogens is 4. The van der Waals surface area contributed by atoms with E-state index in [1.54, 1.807) is 17.8 Å². The summed E-state index contributed by atoms with van der Waals surface area (Å²) in [5.41, 5.74) is 4.02. The summed E-state index contributed by atoms with van der Waals surface area (Å²) in [5, 5.41) is 42.0. The van der Waals surface area contributed by atoms with Crippen LogP contribution in [0.25, 0.3) is 11.2 Å². The number of hydrogen-bond acceptors (Lipinski definition) is 9. The van der Waals surface area contributed by atoms with E-state index in [-0.39, 0.29) is 37.0 Å². The minimum absolute atomic E-state index is 0.151. The molecule has 6 N–H and O–H groups in total. The highest BCUT2D eigenvalue weighted by atomic mass is 16.3. The van der Waals surface area contributed by atoms with Crippen LogP contribution >= 0.6 is 0 Å². The van der Waals surface area contributed by atoms with E-state index in [1.165, 1.54) is 0 Å². The van der Waals surface area contributed by atoms with Crippen molar-refractivity contribution in [1.82, 2.24) is 24.8 Å². The molecule has 6 rings (SSSR count). The first-order chi connectivity index (χ1) is 22.4. The number of nitrogens with one attached hydrogen (secondary N) is 3. The topological polar surface area (TPSA) is 157 Å². The highest BCUT2D eigenvalue weighted by molar-refractivity contribution is 5.85. The summed E-state index contributed by atoms with van der Waals surface area (Å²) in [5.74, 6) is 0.536. The van der Waals surface area contributed by atoms with Gasteiger partial charge < -0.3 is 35.8 Å². The Kier molecular flexibility index (Phi) is 9.53. The van der Waals surface area contributed by atoms with E-state index in [2.05, 4.69) is 16.0 Å². The number of benzene rings is 3.